The highest BCUT2D eigenvalue weighted by Gasteiger charge is 2.13. The molecule has 0 atom stereocenters. The van der Waals surface area contributed by atoms with E-state index in [0.29, 0.717) is 16.3 Å². The second-order valence-corrected chi connectivity index (χ2v) is 11.0. The van der Waals surface area contributed by atoms with Crippen LogP contribution in [0.2, 0.25) is 5.02 Å². The van der Waals surface area contributed by atoms with Crippen LogP contribution in [0.5, 0.6) is 0 Å². The summed E-state index contributed by atoms with van der Waals surface area (Å²) in [5.41, 5.74) is 5.16. The molecule has 3 aromatic rings. The number of rotatable bonds is 8. The average molecular weight is 538 g/mol. The summed E-state index contributed by atoms with van der Waals surface area (Å²) in [5.74, 6) is 1.01. The number of hydrogen-bond acceptors (Lipinski definition) is 4. The number of carbonyl (C=O) groups is 1. The predicted molar refractivity (Wildman–Crippen MR) is 162 cm³/mol. The molecule has 1 aromatic heterocycles. The van der Waals surface area contributed by atoms with Crippen molar-refractivity contribution < 1.29 is 4.79 Å². The first-order chi connectivity index (χ1) is 18.0. The molecule has 0 spiro atoms. The van der Waals surface area contributed by atoms with E-state index in [0.717, 1.165) is 34.8 Å². The Labute approximate surface area is 232 Å². The van der Waals surface area contributed by atoms with Gasteiger partial charge in [0, 0.05) is 41.0 Å². The third-order valence-corrected chi connectivity index (χ3v) is 7.80. The molecule has 6 heteroatoms. The van der Waals surface area contributed by atoms with Gasteiger partial charge in [0.15, 0.2) is 0 Å². The molecule has 1 fully saturated rings. The van der Waals surface area contributed by atoms with Crippen molar-refractivity contribution in [3.63, 3.8) is 0 Å². The number of halogens is 1. The van der Waals surface area contributed by atoms with Crippen LogP contribution < -0.4 is 9.62 Å². The van der Waals surface area contributed by atoms with E-state index in [2.05, 4.69) is 28.5 Å². The number of unbranched alkanes of at least 4 members (excludes halogenated alkanes) is 4. The molecule has 2 heterocycles. The monoisotopic (exact) mass is 537 g/mol. The largest absolute Gasteiger partial charge is 0.322 e. The lowest BCUT2D eigenvalue weighted by Crippen LogP contribution is -2.15. The van der Waals surface area contributed by atoms with Crippen molar-refractivity contribution in [1.82, 2.24) is 4.98 Å². The Hall–Kier alpha value is -2.50. The van der Waals surface area contributed by atoms with Gasteiger partial charge in [-0.05, 0) is 91.9 Å². The van der Waals surface area contributed by atoms with Crippen LogP contribution in [0.3, 0.4) is 0 Å². The number of anilines is 2. The zero-order valence-corrected chi connectivity index (χ0v) is 24.0. The van der Waals surface area contributed by atoms with Gasteiger partial charge < -0.3 is 9.62 Å². The number of amides is 1. The first-order valence-electron chi connectivity index (χ1n) is 13.6. The van der Waals surface area contributed by atoms with Crippen molar-refractivity contribution in [2.45, 2.75) is 72.1 Å². The number of nitrogens with one attached hydrogen (secondary N) is 1. The van der Waals surface area contributed by atoms with Gasteiger partial charge in [-0.25, -0.2) is 0 Å². The van der Waals surface area contributed by atoms with Gasteiger partial charge in [-0.15, -0.1) is 0 Å². The van der Waals surface area contributed by atoms with Gasteiger partial charge in [-0.3, -0.25) is 9.78 Å². The second kappa shape index (κ2) is 15.7. The number of benzene rings is 2. The van der Waals surface area contributed by atoms with E-state index in [4.69, 9.17) is 11.6 Å². The lowest BCUT2D eigenvalue weighted by Gasteiger charge is -2.21. The van der Waals surface area contributed by atoms with Crippen molar-refractivity contribution in [2.24, 2.45) is 0 Å². The van der Waals surface area contributed by atoms with Gasteiger partial charge in [-0.1, -0.05) is 64.0 Å². The number of hydrogen-bond donors (Lipinski definition) is 1. The summed E-state index contributed by atoms with van der Waals surface area (Å²) in [6, 6.07) is 17.2. The Morgan fingerprint density at radius 1 is 0.973 bits per heavy atom. The molecule has 0 radical (unpaired) electrons. The third-order valence-electron chi connectivity index (χ3n) is 6.29. The molecule has 0 bridgehead atoms. The topological polar surface area (TPSA) is 45.2 Å². The van der Waals surface area contributed by atoms with E-state index in [1.807, 2.05) is 67.4 Å². The Morgan fingerprint density at radius 3 is 2.43 bits per heavy atom. The summed E-state index contributed by atoms with van der Waals surface area (Å²) in [6.45, 7) is 7.56. The molecular weight excluding hydrogens is 498 g/mol. The zero-order chi connectivity index (χ0) is 26.5. The predicted octanol–water partition coefficient (Wildman–Crippen LogP) is 9.58. The molecule has 4 rings (SSSR count). The smallest absolute Gasteiger partial charge is 0.255 e. The van der Waals surface area contributed by atoms with E-state index in [1.165, 1.54) is 51.4 Å². The van der Waals surface area contributed by atoms with Crippen LogP contribution in [0.4, 0.5) is 11.4 Å². The van der Waals surface area contributed by atoms with Crippen molar-refractivity contribution >= 4 is 40.8 Å². The summed E-state index contributed by atoms with van der Waals surface area (Å²) in [5, 5.41) is 3.58. The molecule has 0 aliphatic carbocycles. The molecule has 1 aliphatic heterocycles. The van der Waals surface area contributed by atoms with Crippen molar-refractivity contribution in [2.75, 3.05) is 21.9 Å². The molecule has 1 N–H and O–H groups in total. The Morgan fingerprint density at radius 2 is 1.73 bits per heavy atom. The Kier molecular flexibility index (Phi) is 12.3. The standard InChI is InChI=1S/C24H24ClN3OS.C7H16/c1-17-11-12-26-23(15-17)21-16-19(7-10-22(21)25)27-24(29)18-5-8-20(9-6-18)28-13-3-2-4-14-30-28;1-3-5-7-6-4-2/h5-12,15-16H,2-4,13-14H2,1H3,(H,27,29);3-7H2,1-2H3. The summed E-state index contributed by atoms with van der Waals surface area (Å²) >= 11 is 8.25. The molecule has 1 amide bonds. The van der Waals surface area contributed by atoms with E-state index in [1.54, 1.807) is 12.3 Å². The molecule has 1 saturated heterocycles. The molecule has 198 valence electrons. The normalized spacial score (nSPS) is 13.4. The molecule has 0 unspecified atom stereocenters. The van der Waals surface area contributed by atoms with Crippen LogP contribution in [0.25, 0.3) is 11.3 Å². The summed E-state index contributed by atoms with van der Waals surface area (Å²) in [6.07, 6.45) is 12.5. The quantitative estimate of drug-likeness (QED) is 0.229. The van der Waals surface area contributed by atoms with Crippen molar-refractivity contribution in [1.29, 1.82) is 0 Å². The van der Waals surface area contributed by atoms with E-state index in [9.17, 15) is 4.79 Å². The SMILES string of the molecule is CCCCCCC.Cc1ccnc(-c2cc(NC(=O)c3ccc(N4CCCCCS4)cc3)ccc2Cl)c1. The maximum absolute atomic E-state index is 12.8. The van der Waals surface area contributed by atoms with Crippen LogP contribution in [0.15, 0.2) is 60.8 Å². The lowest BCUT2D eigenvalue weighted by molar-refractivity contribution is 0.102. The van der Waals surface area contributed by atoms with Crippen LogP contribution in [0, 0.1) is 6.92 Å². The van der Waals surface area contributed by atoms with Gasteiger partial charge in [0.1, 0.15) is 0 Å². The van der Waals surface area contributed by atoms with Gasteiger partial charge >= 0.3 is 0 Å². The van der Waals surface area contributed by atoms with E-state index < -0.39 is 0 Å². The van der Waals surface area contributed by atoms with E-state index in [-0.39, 0.29) is 5.91 Å². The minimum Gasteiger partial charge on any atom is -0.322 e. The number of aryl methyl sites for hydroxylation is 1. The molecule has 2 aromatic carbocycles. The first kappa shape index (κ1) is 29.1. The summed E-state index contributed by atoms with van der Waals surface area (Å²) in [4.78, 5) is 17.2. The average Bonchev–Trinajstić information content (AvgIpc) is 3.20. The van der Waals surface area contributed by atoms with Gasteiger partial charge in [0.2, 0.25) is 0 Å². The Balaban J connectivity index is 0.000000479. The van der Waals surface area contributed by atoms with Crippen LogP contribution in [-0.2, 0) is 0 Å². The van der Waals surface area contributed by atoms with Crippen LogP contribution in [-0.4, -0.2) is 23.2 Å². The summed E-state index contributed by atoms with van der Waals surface area (Å²) in [7, 11) is 0. The first-order valence-corrected chi connectivity index (χ1v) is 14.9. The van der Waals surface area contributed by atoms with Gasteiger partial charge in [0.25, 0.3) is 5.91 Å². The zero-order valence-electron chi connectivity index (χ0n) is 22.4. The van der Waals surface area contributed by atoms with E-state index >= 15 is 0 Å². The van der Waals surface area contributed by atoms with Gasteiger partial charge in [0.05, 0.1) is 10.7 Å². The number of aromatic nitrogens is 1. The highest BCUT2D eigenvalue weighted by Crippen LogP contribution is 2.30. The molecule has 0 saturated carbocycles. The number of carbonyl (C=O) groups excluding carboxylic acids is 1. The fourth-order valence-corrected chi connectivity index (χ4v) is 5.42. The second-order valence-electron chi connectivity index (χ2n) is 9.47. The molecule has 37 heavy (non-hydrogen) atoms. The maximum atomic E-state index is 12.8. The minimum atomic E-state index is -0.143. The molecule has 4 nitrogen and oxygen atoms in total. The lowest BCUT2D eigenvalue weighted by atomic mass is 10.1. The fraction of sp³-hybridized carbons (Fsp3) is 0.419. The van der Waals surface area contributed by atoms with Gasteiger partial charge in [-0.2, -0.15) is 0 Å². The fourth-order valence-electron chi connectivity index (χ4n) is 4.12. The number of pyridine rings is 1. The minimum absolute atomic E-state index is 0.143. The molecule has 1 aliphatic rings. The summed E-state index contributed by atoms with van der Waals surface area (Å²) < 4.78 is 2.33. The third kappa shape index (κ3) is 9.39. The number of nitrogens with zero attached hydrogens (tertiary/aromatic N) is 2. The highest BCUT2D eigenvalue weighted by molar-refractivity contribution is 8.00. The maximum Gasteiger partial charge on any atom is 0.255 e. The molecular formula is C31H40ClN3OS. The Bertz CT molecular complexity index is 1110. The highest BCUT2D eigenvalue weighted by atomic mass is 35.5. The van der Waals surface area contributed by atoms with Crippen molar-refractivity contribution in [3.8, 4) is 11.3 Å². The van der Waals surface area contributed by atoms with Crippen LogP contribution >= 0.6 is 23.5 Å². The van der Waals surface area contributed by atoms with Crippen LogP contribution in [0.1, 0.15) is 81.1 Å². The van der Waals surface area contributed by atoms with Crippen molar-refractivity contribution in [3.05, 3.63) is 76.9 Å².